The van der Waals surface area contributed by atoms with Gasteiger partial charge in [-0.1, -0.05) is 18.2 Å². The third kappa shape index (κ3) is 4.77. The van der Waals surface area contributed by atoms with Crippen LogP contribution in [0.3, 0.4) is 0 Å². The molecule has 132 valence electrons. The van der Waals surface area contributed by atoms with E-state index in [9.17, 15) is 4.39 Å². The number of aryl methyl sites for hydroxylation is 2. The first-order valence-corrected chi connectivity index (χ1v) is 9.02. The molecule has 25 heavy (non-hydrogen) atoms. The minimum Gasteiger partial charge on any atom is -0.336 e. The molecule has 2 aromatic carbocycles. The second-order valence-corrected chi connectivity index (χ2v) is 7.05. The van der Waals surface area contributed by atoms with E-state index in [0.717, 1.165) is 49.1 Å². The Labute approximate surface area is 154 Å². The highest BCUT2D eigenvalue weighted by Gasteiger charge is 2.19. The molecule has 0 radical (unpaired) electrons. The van der Waals surface area contributed by atoms with Crippen molar-refractivity contribution < 1.29 is 4.39 Å². The monoisotopic (exact) mass is 357 g/mol. The van der Waals surface area contributed by atoms with Crippen LogP contribution < -0.4 is 5.32 Å². The van der Waals surface area contributed by atoms with Gasteiger partial charge in [-0.05, 0) is 73.4 Å². The highest BCUT2D eigenvalue weighted by Crippen LogP contribution is 2.17. The SMILES string of the molecule is Cc1ccc(NC(=S)N2CCCN(Cc3ccc(F)cc3)C2)cc1C. The predicted molar refractivity (Wildman–Crippen MR) is 105 cm³/mol. The lowest BCUT2D eigenvalue weighted by Gasteiger charge is -2.37. The van der Waals surface area contributed by atoms with E-state index in [2.05, 4.69) is 47.2 Å². The molecule has 1 aliphatic rings. The summed E-state index contributed by atoms with van der Waals surface area (Å²) in [5.74, 6) is -0.192. The van der Waals surface area contributed by atoms with Gasteiger partial charge in [0, 0.05) is 25.3 Å². The number of halogens is 1. The summed E-state index contributed by atoms with van der Waals surface area (Å²) in [7, 11) is 0. The van der Waals surface area contributed by atoms with Crippen molar-refractivity contribution in [2.45, 2.75) is 26.8 Å². The summed E-state index contributed by atoms with van der Waals surface area (Å²) in [6, 6.07) is 13.0. The van der Waals surface area contributed by atoms with E-state index in [1.165, 1.54) is 23.3 Å². The third-order valence-corrected chi connectivity index (χ3v) is 5.00. The highest BCUT2D eigenvalue weighted by atomic mass is 32.1. The molecule has 0 aromatic heterocycles. The molecule has 0 atom stereocenters. The van der Waals surface area contributed by atoms with Crippen molar-refractivity contribution in [1.82, 2.24) is 9.80 Å². The van der Waals surface area contributed by atoms with Crippen molar-refractivity contribution in [2.75, 3.05) is 25.1 Å². The van der Waals surface area contributed by atoms with E-state index < -0.39 is 0 Å². The van der Waals surface area contributed by atoms with Gasteiger partial charge in [-0.3, -0.25) is 4.90 Å². The molecule has 1 aliphatic heterocycles. The number of benzene rings is 2. The molecular formula is C20H24FN3S. The van der Waals surface area contributed by atoms with Crippen LogP contribution in [0.4, 0.5) is 10.1 Å². The fourth-order valence-corrected chi connectivity index (χ4v) is 3.30. The molecule has 5 heteroatoms. The Balaban J connectivity index is 1.59. The number of rotatable bonds is 3. The zero-order chi connectivity index (χ0) is 17.8. The summed E-state index contributed by atoms with van der Waals surface area (Å²) in [4.78, 5) is 4.53. The number of nitrogens with zero attached hydrogens (tertiary/aromatic N) is 2. The van der Waals surface area contributed by atoms with Crippen molar-refractivity contribution >= 4 is 23.0 Å². The maximum absolute atomic E-state index is 13.0. The van der Waals surface area contributed by atoms with Gasteiger partial charge in [0.2, 0.25) is 0 Å². The van der Waals surface area contributed by atoms with Crippen LogP contribution in [0.2, 0.25) is 0 Å². The summed E-state index contributed by atoms with van der Waals surface area (Å²) < 4.78 is 13.0. The summed E-state index contributed by atoms with van der Waals surface area (Å²) >= 11 is 5.61. The maximum atomic E-state index is 13.0. The Bertz CT molecular complexity index is 745. The quantitative estimate of drug-likeness (QED) is 0.825. The Hall–Kier alpha value is -1.98. The molecule has 1 fully saturated rings. The molecule has 0 aliphatic carbocycles. The Kier molecular flexibility index (Phi) is 5.66. The molecule has 3 rings (SSSR count). The van der Waals surface area contributed by atoms with E-state index in [1.807, 2.05) is 12.1 Å². The standard InChI is InChI=1S/C20H24FN3S/c1-15-4-9-19(12-16(15)2)22-20(25)24-11-3-10-23(14-24)13-17-5-7-18(21)8-6-17/h4-9,12H,3,10-11,13-14H2,1-2H3,(H,22,25). The first kappa shape index (κ1) is 17.8. The fraction of sp³-hybridized carbons (Fsp3) is 0.350. The van der Waals surface area contributed by atoms with E-state index in [1.54, 1.807) is 0 Å². The van der Waals surface area contributed by atoms with Gasteiger partial charge >= 0.3 is 0 Å². The van der Waals surface area contributed by atoms with Crippen molar-refractivity contribution in [3.05, 3.63) is 65.0 Å². The maximum Gasteiger partial charge on any atom is 0.174 e. The van der Waals surface area contributed by atoms with Crippen LogP contribution >= 0.6 is 12.2 Å². The van der Waals surface area contributed by atoms with E-state index >= 15 is 0 Å². The third-order valence-electron chi connectivity index (χ3n) is 4.64. The fourth-order valence-electron chi connectivity index (χ4n) is 3.03. The van der Waals surface area contributed by atoms with Crippen molar-refractivity contribution in [1.29, 1.82) is 0 Å². The van der Waals surface area contributed by atoms with E-state index in [0.29, 0.717) is 0 Å². The minimum absolute atomic E-state index is 0.192. The highest BCUT2D eigenvalue weighted by molar-refractivity contribution is 7.80. The largest absolute Gasteiger partial charge is 0.336 e. The summed E-state index contributed by atoms with van der Waals surface area (Å²) in [6.07, 6.45) is 1.07. The molecular weight excluding hydrogens is 333 g/mol. The van der Waals surface area contributed by atoms with Crippen molar-refractivity contribution in [3.63, 3.8) is 0 Å². The molecule has 1 N–H and O–H groups in total. The lowest BCUT2D eigenvalue weighted by atomic mass is 10.1. The van der Waals surface area contributed by atoms with Gasteiger partial charge in [-0.2, -0.15) is 0 Å². The first-order chi connectivity index (χ1) is 12.0. The predicted octanol–water partition coefficient (Wildman–Crippen LogP) is 4.30. The number of anilines is 1. The average molecular weight is 357 g/mol. The molecule has 0 saturated carbocycles. The second-order valence-electron chi connectivity index (χ2n) is 6.67. The average Bonchev–Trinajstić information content (AvgIpc) is 2.60. The minimum atomic E-state index is -0.192. The second kappa shape index (κ2) is 7.93. The molecule has 0 unspecified atom stereocenters. The van der Waals surface area contributed by atoms with E-state index in [4.69, 9.17) is 12.2 Å². The lowest BCUT2D eigenvalue weighted by Crippen LogP contribution is -2.48. The Morgan fingerprint density at radius 3 is 2.56 bits per heavy atom. The molecule has 0 spiro atoms. The number of hydrogen-bond donors (Lipinski definition) is 1. The Morgan fingerprint density at radius 2 is 1.84 bits per heavy atom. The topological polar surface area (TPSA) is 18.5 Å². The molecule has 0 amide bonds. The summed E-state index contributed by atoms with van der Waals surface area (Å²) in [5.41, 5.74) is 4.68. The normalized spacial score (nSPS) is 15.2. The molecule has 1 saturated heterocycles. The van der Waals surface area contributed by atoms with Crippen molar-refractivity contribution in [3.8, 4) is 0 Å². The van der Waals surface area contributed by atoms with Crippen LogP contribution in [-0.2, 0) is 6.54 Å². The van der Waals surface area contributed by atoms with Crippen LogP contribution in [0, 0.1) is 19.7 Å². The van der Waals surface area contributed by atoms with Crippen LogP contribution in [0.25, 0.3) is 0 Å². The van der Waals surface area contributed by atoms with Gasteiger partial charge in [0.15, 0.2) is 5.11 Å². The van der Waals surface area contributed by atoms with Crippen LogP contribution in [-0.4, -0.2) is 34.7 Å². The van der Waals surface area contributed by atoms with Gasteiger partial charge in [0.25, 0.3) is 0 Å². The summed E-state index contributed by atoms with van der Waals surface area (Å²) in [5, 5.41) is 4.11. The number of nitrogens with one attached hydrogen (secondary N) is 1. The molecule has 1 heterocycles. The van der Waals surface area contributed by atoms with E-state index in [-0.39, 0.29) is 5.82 Å². The summed E-state index contributed by atoms with van der Waals surface area (Å²) in [6.45, 7) is 7.79. The Morgan fingerprint density at radius 1 is 1.08 bits per heavy atom. The van der Waals surface area contributed by atoms with Gasteiger partial charge in [0.1, 0.15) is 5.82 Å². The lowest BCUT2D eigenvalue weighted by molar-refractivity contribution is 0.134. The van der Waals surface area contributed by atoms with Crippen LogP contribution in [0.1, 0.15) is 23.1 Å². The van der Waals surface area contributed by atoms with Gasteiger partial charge in [-0.25, -0.2) is 4.39 Å². The van der Waals surface area contributed by atoms with Crippen molar-refractivity contribution in [2.24, 2.45) is 0 Å². The molecule has 3 nitrogen and oxygen atoms in total. The van der Waals surface area contributed by atoms with Crippen LogP contribution in [0.15, 0.2) is 42.5 Å². The van der Waals surface area contributed by atoms with Gasteiger partial charge < -0.3 is 10.2 Å². The first-order valence-electron chi connectivity index (χ1n) is 8.61. The zero-order valence-electron chi connectivity index (χ0n) is 14.8. The van der Waals surface area contributed by atoms with Gasteiger partial charge in [-0.15, -0.1) is 0 Å². The van der Waals surface area contributed by atoms with Crippen LogP contribution in [0.5, 0.6) is 0 Å². The molecule has 0 bridgehead atoms. The smallest absolute Gasteiger partial charge is 0.174 e. The number of thiocarbonyl (C=S) groups is 1. The van der Waals surface area contributed by atoms with Gasteiger partial charge in [0.05, 0.1) is 6.67 Å². The number of hydrogen-bond acceptors (Lipinski definition) is 2. The molecule has 2 aromatic rings. The zero-order valence-corrected chi connectivity index (χ0v) is 15.6.